The molecule has 0 N–H and O–H groups in total. The molecule has 0 bridgehead atoms. The molecule has 1 saturated heterocycles. The number of aryl methyl sites for hydroxylation is 1. The number of hydrogen-bond donors (Lipinski definition) is 0. The highest BCUT2D eigenvalue weighted by Crippen LogP contribution is 2.45. The first-order chi connectivity index (χ1) is 16.5. The Bertz CT molecular complexity index is 1290. The van der Waals surface area contributed by atoms with E-state index in [-0.39, 0.29) is 12.4 Å². The molecule has 0 radical (unpaired) electrons. The zero-order valence-electron chi connectivity index (χ0n) is 18.8. The summed E-state index contributed by atoms with van der Waals surface area (Å²) in [6.07, 6.45) is 1.17. The van der Waals surface area contributed by atoms with Crippen LogP contribution in [0.1, 0.15) is 16.7 Å². The summed E-state index contributed by atoms with van der Waals surface area (Å²) in [5.74, 6) is -1.26. The molecule has 5 rings (SSSR count). The van der Waals surface area contributed by atoms with Gasteiger partial charge < -0.3 is 9.47 Å². The van der Waals surface area contributed by atoms with Gasteiger partial charge in [0.05, 0.1) is 18.9 Å². The molecule has 34 heavy (non-hydrogen) atoms. The standard InChI is InChI=1S/C27H23N3O4/c1-19-13-15-22(16-14-19)30-18-29-23(17-24(31)33-2)26(32)34-27(29,21-11-7-4-8-12-21)25(28-30)20-9-5-3-6-10-20/h3-17H,18H2,1-2H3/b23-17-/t27-/m1/s1. The normalized spacial score (nSPS) is 20.6. The third kappa shape index (κ3) is 3.51. The highest BCUT2D eigenvalue weighted by molar-refractivity contribution is 6.12. The summed E-state index contributed by atoms with van der Waals surface area (Å²) in [4.78, 5) is 27.2. The molecule has 1 fully saturated rings. The van der Waals surface area contributed by atoms with E-state index in [4.69, 9.17) is 14.6 Å². The summed E-state index contributed by atoms with van der Waals surface area (Å²) < 4.78 is 10.9. The van der Waals surface area contributed by atoms with Gasteiger partial charge in [-0.05, 0) is 19.1 Å². The number of fused-ring (bicyclic) bond motifs is 1. The van der Waals surface area contributed by atoms with Crippen molar-refractivity contribution in [2.24, 2.45) is 5.10 Å². The summed E-state index contributed by atoms with van der Waals surface area (Å²) in [5.41, 5.74) is 2.78. The number of ether oxygens (including phenoxy) is 2. The van der Waals surface area contributed by atoms with Crippen molar-refractivity contribution < 1.29 is 19.1 Å². The average molecular weight is 453 g/mol. The molecule has 2 heterocycles. The van der Waals surface area contributed by atoms with Crippen LogP contribution < -0.4 is 5.01 Å². The second-order valence-electron chi connectivity index (χ2n) is 8.07. The quantitative estimate of drug-likeness (QED) is 0.440. The third-order valence-electron chi connectivity index (χ3n) is 5.94. The van der Waals surface area contributed by atoms with Gasteiger partial charge in [0.25, 0.3) is 5.72 Å². The van der Waals surface area contributed by atoms with E-state index >= 15 is 0 Å². The lowest BCUT2D eigenvalue weighted by Crippen LogP contribution is -2.56. The van der Waals surface area contributed by atoms with Crippen LogP contribution in [0.4, 0.5) is 5.69 Å². The number of hydrogen-bond acceptors (Lipinski definition) is 7. The first kappa shape index (κ1) is 21.5. The summed E-state index contributed by atoms with van der Waals surface area (Å²) in [6, 6.07) is 27.0. The molecular weight excluding hydrogens is 430 g/mol. The van der Waals surface area contributed by atoms with Crippen molar-refractivity contribution in [2.45, 2.75) is 12.6 Å². The van der Waals surface area contributed by atoms with Gasteiger partial charge in [0.15, 0.2) is 0 Å². The molecule has 3 aromatic rings. The maximum atomic E-state index is 13.2. The topological polar surface area (TPSA) is 71.4 Å². The molecule has 0 unspecified atom stereocenters. The minimum Gasteiger partial charge on any atom is -0.466 e. The fourth-order valence-corrected chi connectivity index (χ4v) is 4.26. The molecule has 7 heteroatoms. The molecule has 3 aromatic carbocycles. The van der Waals surface area contributed by atoms with E-state index in [9.17, 15) is 9.59 Å². The van der Waals surface area contributed by atoms with Gasteiger partial charge in [-0.25, -0.2) is 14.6 Å². The summed E-state index contributed by atoms with van der Waals surface area (Å²) in [7, 11) is 1.27. The molecule has 0 saturated carbocycles. The molecule has 2 aliphatic heterocycles. The zero-order valence-corrected chi connectivity index (χ0v) is 18.8. The lowest BCUT2D eigenvalue weighted by Gasteiger charge is -2.44. The van der Waals surface area contributed by atoms with Crippen molar-refractivity contribution in [2.75, 3.05) is 18.8 Å². The maximum Gasteiger partial charge on any atom is 0.357 e. The lowest BCUT2D eigenvalue weighted by molar-refractivity contribution is -0.146. The van der Waals surface area contributed by atoms with E-state index < -0.39 is 17.7 Å². The first-order valence-corrected chi connectivity index (χ1v) is 10.9. The Kier molecular flexibility index (Phi) is 5.37. The Morgan fingerprint density at radius 2 is 1.65 bits per heavy atom. The van der Waals surface area contributed by atoms with E-state index in [0.717, 1.165) is 22.4 Å². The van der Waals surface area contributed by atoms with Gasteiger partial charge in [-0.1, -0.05) is 78.4 Å². The number of nitrogens with zero attached hydrogens (tertiary/aromatic N) is 3. The number of methoxy groups -OCH3 is 1. The number of benzene rings is 3. The van der Waals surface area contributed by atoms with E-state index in [1.807, 2.05) is 91.9 Å². The van der Waals surface area contributed by atoms with Crippen LogP contribution in [0.15, 0.2) is 102 Å². The Morgan fingerprint density at radius 1 is 1.00 bits per heavy atom. The Labute approximate surface area is 197 Å². The van der Waals surface area contributed by atoms with Crippen molar-refractivity contribution >= 4 is 23.3 Å². The van der Waals surface area contributed by atoms with Gasteiger partial charge >= 0.3 is 11.9 Å². The highest BCUT2D eigenvalue weighted by atomic mass is 16.6. The predicted molar refractivity (Wildman–Crippen MR) is 128 cm³/mol. The predicted octanol–water partition coefficient (Wildman–Crippen LogP) is 3.95. The molecule has 0 aliphatic carbocycles. The fourth-order valence-electron chi connectivity index (χ4n) is 4.26. The van der Waals surface area contributed by atoms with E-state index in [1.165, 1.54) is 13.2 Å². The second kappa shape index (κ2) is 8.51. The third-order valence-corrected chi connectivity index (χ3v) is 5.94. The molecule has 170 valence electrons. The van der Waals surface area contributed by atoms with Crippen LogP contribution in [-0.4, -0.2) is 36.3 Å². The number of carbonyl (C=O) groups excluding carboxylic acids is 2. The van der Waals surface area contributed by atoms with Crippen molar-refractivity contribution in [3.8, 4) is 0 Å². The van der Waals surface area contributed by atoms with E-state index in [0.29, 0.717) is 5.71 Å². The molecule has 1 atom stereocenters. The number of hydrazone groups is 1. The van der Waals surface area contributed by atoms with Gasteiger partial charge in [-0.3, -0.25) is 4.90 Å². The monoisotopic (exact) mass is 453 g/mol. The zero-order chi connectivity index (χ0) is 23.7. The fraction of sp³-hybridized carbons (Fsp3) is 0.148. The van der Waals surface area contributed by atoms with Gasteiger partial charge in [0.2, 0.25) is 0 Å². The van der Waals surface area contributed by atoms with Crippen LogP contribution in [0, 0.1) is 6.92 Å². The molecule has 0 aromatic heterocycles. The summed E-state index contributed by atoms with van der Waals surface area (Å²) >= 11 is 0. The van der Waals surface area contributed by atoms with Crippen LogP contribution in [0.5, 0.6) is 0 Å². The molecular formula is C27H23N3O4. The largest absolute Gasteiger partial charge is 0.466 e. The van der Waals surface area contributed by atoms with Crippen LogP contribution in [-0.2, 0) is 24.8 Å². The van der Waals surface area contributed by atoms with Crippen LogP contribution in [0.3, 0.4) is 0 Å². The Hall–Kier alpha value is -4.39. The van der Waals surface area contributed by atoms with Crippen LogP contribution in [0.25, 0.3) is 0 Å². The molecule has 0 amide bonds. The van der Waals surface area contributed by atoms with Gasteiger partial charge in [0, 0.05) is 11.1 Å². The second-order valence-corrected chi connectivity index (χ2v) is 8.07. The Balaban J connectivity index is 1.78. The molecule has 7 nitrogen and oxygen atoms in total. The van der Waals surface area contributed by atoms with Gasteiger partial charge in [-0.15, -0.1) is 0 Å². The van der Waals surface area contributed by atoms with Gasteiger partial charge in [-0.2, -0.15) is 5.10 Å². The highest BCUT2D eigenvalue weighted by Gasteiger charge is 2.58. The minimum atomic E-state index is -1.35. The van der Waals surface area contributed by atoms with Crippen molar-refractivity contribution in [1.82, 2.24) is 4.90 Å². The number of carbonyl (C=O) groups is 2. The van der Waals surface area contributed by atoms with Crippen molar-refractivity contribution in [3.05, 3.63) is 113 Å². The lowest BCUT2D eigenvalue weighted by atomic mass is 9.90. The molecule has 0 spiro atoms. The number of anilines is 1. The molecule has 2 aliphatic rings. The van der Waals surface area contributed by atoms with Crippen molar-refractivity contribution in [3.63, 3.8) is 0 Å². The number of esters is 2. The Morgan fingerprint density at radius 3 is 2.29 bits per heavy atom. The first-order valence-electron chi connectivity index (χ1n) is 10.9. The average Bonchev–Trinajstić information content (AvgIpc) is 3.16. The maximum absolute atomic E-state index is 13.2. The smallest absolute Gasteiger partial charge is 0.357 e. The van der Waals surface area contributed by atoms with Crippen molar-refractivity contribution in [1.29, 1.82) is 0 Å². The summed E-state index contributed by atoms with van der Waals surface area (Å²) in [5, 5.41) is 6.80. The SMILES string of the molecule is COC(=O)/C=C1/C(=O)O[C@]2(c3ccccc3)C(c3ccccc3)=NN(c3ccc(C)cc3)CN12. The number of rotatable bonds is 4. The van der Waals surface area contributed by atoms with E-state index in [1.54, 1.807) is 9.91 Å². The van der Waals surface area contributed by atoms with Crippen LogP contribution >= 0.6 is 0 Å². The van der Waals surface area contributed by atoms with Crippen LogP contribution in [0.2, 0.25) is 0 Å². The van der Waals surface area contributed by atoms with Gasteiger partial charge in [0.1, 0.15) is 18.1 Å². The van der Waals surface area contributed by atoms with E-state index in [2.05, 4.69) is 0 Å². The summed E-state index contributed by atoms with van der Waals surface area (Å²) in [6.45, 7) is 2.20. The minimum absolute atomic E-state index is 0.108.